The number of carbonyl (C=O) groups is 1. The molecule has 0 fully saturated rings. The van der Waals surface area contributed by atoms with Crippen molar-refractivity contribution < 1.29 is 30.3 Å². The number of carboxylic acid groups (broad SMARTS) is 1. The number of carboxylic acids is 1. The van der Waals surface area contributed by atoms with Crippen molar-refractivity contribution in [2.75, 3.05) is 19.7 Å². The van der Waals surface area contributed by atoms with E-state index >= 15 is 0 Å². The fraction of sp³-hybridized carbons (Fsp3) is 0.917. The van der Waals surface area contributed by atoms with E-state index in [2.05, 4.69) is 5.32 Å². The van der Waals surface area contributed by atoms with Gasteiger partial charge in [0.25, 0.3) is 0 Å². The summed E-state index contributed by atoms with van der Waals surface area (Å²) < 4.78 is 0. The van der Waals surface area contributed by atoms with Crippen LogP contribution in [0.3, 0.4) is 0 Å². The highest BCUT2D eigenvalue weighted by atomic mass is 16.4. The maximum absolute atomic E-state index is 10.5. The van der Waals surface area contributed by atoms with Crippen LogP contribution in [0.1, 0.15) is 25.7 Å². The van der Waals surface area contributed by atoms with Gasteiger partial charge < -0.3 is 36.6 Å². The van der Waals surface area contributed by atoms with Gasteiger partial charge in [-0.1, -0.05) is 6.42 Å². The molecule has 0 rings (SSSR count). The number of hydrogen-bond acceptors (Lipinski definition) is 7. The summed E-state index contributed by atoms with van der Waals surface area (Å²) in [7, 11) is 0. The fourth-order valence-electron chi connectivity index (χ4n) is 1.65. The number of unbranched alkanes of at least 4 members (excludes halogenated alkanes) is 1. The monoisotopic (exact) mass is 294 g/mol. The first-order valence-electron chi connectivity index (χ1n) is 6.72. The van der Waals surface area contributed by atoms with Crippen molar-refractivity contribution in [1.29, 1.82) is 0 Å². The maximum Gasteiger partial charge on any atom is 0.320 e. The van der Waals surface area contributed by atoms with Gasteiger partial charge in [0.05, 0.1) is 18.8 Å². The SMILES string of the molecule is NC(CCCCNC[C@H](O)C[C@H](O)[C@H](O)CO)C(=O)O. The molecule has 4 atom stereocenters. The predicted molar refractivity (Wildman–Crippen MR) is 72.1 cm³/mol. The fourth-order valence-corrected chi connectivity index (χ4v) is 1.65. The Morgan fingerprint density at radius 1 is 1.15 bits per heavy atom. The molecule has 0 radical (unpaired) electrons. The molecule has 20 heavy (non-hydrogen) atoms. The quantitative estimate of drug-likeness (QED) is 0.197. The van der Waals surface area contributed by atoms with Crippen LogP contribution in [-0.2, 0) is 4.79 Å². The normalized spacial score (nSPS) is 17.4. The van der Waals surface area contributed by atoms with Gasteiger partial charge in [-0.2, -0.15) is 0 Å². The maximum atomic E-state index is 10.5. The van der Waals surface area contributed by atoms with E-state index in [0.717, 1.165) is 6.42 Å². The van der Waals surface area contributed by atoms with Gasteiger partial charge in [0.15, 0.2) is 0 Å². The Hall–Kier alpha value is -0.770. The van der Waals surface area contributed by atoms with Gasteiger partial charge in [0, 0.05) is 13.0 Å². The third kappa shape index (κ3) is 9.18. The zero-order chi connectivity index (χ0) is 15.5. The van der Waals surface area contributed by atoms with Gasteiger partial charge in [-0.05, 0) is 19.4 Å². The topological polar surface area (TPSA) is 156 Å². The van der Waals surface area contributed by atoms with Gasteiger partial charge in [-0.3, -0.25) is 4.79 Å². The highest BCUT2D eigenvalue weighted by Crippen LogP contribution is 2.03. The molecule has 0 saturated heterocycles. The molecule has 8 heteroatoms. The Morgan fingerprint density at radius 2 is 1.80 bits per heavy atom. The Morgan fingerprint density at radius 3 is 2.35 bits per heavy atom. The third-order valence-electron chi connectivity index (χ3n) is 2.96. The number of hydrogen-bond donors (Lipinski definition) is 7. The second-order valence-electron chi connectivity index (χ2n) is 4.85. The summed E-state index contributed by atoms with van der Waals surface area (Å²) in [5, 5.41) is 48.2. The van der Waals surface area contributed by atoms with Gasteiger partial charge in [0.1, 0.15) is 12.1 Å². The molecule has 0 aromatic heterocycles. The van der Waals surface area contributed by atoms with Crippen molar-refractivity contribution in [3.8, 4) is 0 Å². The van der Waals surface area contributed by atoms with Crippen molar-refractivity contribution >= 4 is 5.97 Å². The molecule has 0 aliphatic rings. The minimum Gasteiger partial charge on any atom is -0.480 e. The summed E-state index contributed by atoms with van der Waals surface area (Å²) in [6, 6.07) is -0.837. The number of aliphatic hydroxyl groups is 4. The Balaban J connectivity index is 3.53. The van der Waals surface area contributed by atoms with E-state index in [1.165, 1.54) is 0 Å². The van der Waals surface area contributed by atoms with Crippen LogP contribution in [0.2, 0.25) is 0 Å². The first-order chi connectivity index (χ1) is 9.38. The number of nitrogens with one attached hydrogen (secondary N) is 1. The van der Waals surface area contributed by atoms with Gasteiger partial charge >= 0.3 is 5.97 Å². The molecule has 1 unspecified atom stereocenters. The van der Waals surface area contributed by atoms with Crippen LogP contribution < -0.4 is 11.1 Å². The Labute approximate surface area is 118 Å². The molecule has 0 aliphatic heterocycles. The zero-order valence-electron chi connectivity index (χ0n) is 11.5. The van der Waals surface area contributed by atoms with Crippen LogP contribution in [0.25, 0.3) is 0 Å². The van der Waals surface area contributed by atoms with Crippen LogP contribution in [0.5, 0.6) is 0 Å². The lowest BCUT2D eigenvalue weighted by Gasteiger charge is -2.19. The average Bonchev–Trinajstić information content (AvgIpc) is 2.40. The highest BCUT2D eigenvalue weighted by molar-refractivity contribution is 5.72. The lowest BCUT2D eigenvalue weighted by atomic mass is 10.1. The van der Waals surface area contributed by atoms with E-state index in [0.29, 0.717) is 19.4 Å². The minimum atomic E-state index is -1.25. The van der Waals surface area contributed by atoms with Gasteiger partial charge in [-0.25, -0.2) is 0 Å². The first kappa shape index (κ1) is 19.2. The smallest absolute Gasteiger partial charge is 0.320 e. The minimum absolute atomic E-state index is 0.0292. The molecule has 0 aliphatic carbocycles. The molecule has 0 aromatic carbocycles. The summed E-state index contributed by atoms with van der Waals surface area (Å²) in [4.78, 5) is 10.5. The van der Waals surface area contributed by atoms with Crippen LogP contribution in [0, 0.1) is 0 Å². The van der Waals surface area contributed by atoms with Crippen LogP contribution >= 0.6 is 0 Å². The van der Waals surface area contributed by atoms with Crippen LogP contribution in [0.4, 0.5) is 0 Å². The molecule has 0 amide bonds. The second kappa shape index (κ2) is 11.0. The standard InChI is InChI=1S/C12H26N2O6/c13-9(12(19)20)3-1-2-4-14-6-8(16)5-10(17)11(18)7-15/h8-11,14-18H,1-7,13H2,(H,19,20)/t8-,9?,10+,11-/m1/s1. The molecule has 0 spiro atoms. The lowest BCUT2D eigenvalue weighted by molar-refractivity contribution is -0.138. The Bertz CT molecular complexity index is 266. The molecule has 8 N–H and O–H groups in total. The summed E-state index contributed by atoms with van der Waals surface area (Å²) >= 11 is 0. The predicted octanol–water partition coefficient (Wildman–Crippen LogP) is -2.38. The van der Waals surface area contributed by atoms with Gasteiger partial charge in [0.2, 0.25) is 0 Å². The molecule has 0 saturated carbocycles. The molecule has 120 valence electrons. The third-order valence-corrected chi connectivity index (χ3v) is 2.96. The zero-order valence-corrected chi connectivity index (χ0v) is 11.5. The van der Waals surface area contributed by atoms with E-state index in [1.54, 1.807) is 0 Å². The highest BCUT2D eigenvalue weighted by Gasteiger charge is 2.18. The Kier molecular flexibility index (Phi) is 10.5. The van der Waals surface area contributed by atoms with E-state index in [-0.39, 0.29) is 13.0 Å². The number of aliphatic hydroxyl groups excluding tert-OH is 4. The van der Waals surface area contributed by atoms with Crippen molar-refractivity contribution in [2.24, 2.45) is 5.73 Å². The summed E-state index contributed by atoms with van der Waals surface area (Å²) in [6.45, 7) is 0.299. The summed E-state index contributed by atoms with van der Waals surface area (Å²) in [5.74, 6) is -1.01. The lowest BCUT2D eigenvalue weighted by Crippen LogP contribution is -2.36. The number of nitrogens with two attached hydrogens (primary N) is 1. The van der Waals surface area contributed by atoms with E-state index in [9.17, 15) is 15.0 Å². The van der Waals surface area contributed by atoms with Crippen molar-refractivity contribution in [2.45, 2.75) is 50.0 Å². The summed E-state index contributed by atoms with van der Waals surface area (Å²) in [6.07, 6.45) is -1.46. The average molecular weight is 294 g/mol. The number of rotatable bonds is 12. The van der Waals surface area contributed by atoms with E-state index < -0.39 is 36.9 Å². The first-order valence-corrected chi connectivity index (χ1v) is 6.72. The molecule has 0 bridgehead atoms. The molecular formula is C12H26N2O6. The van der Waals surface area contributed by atoms with E-state index in [1.807, 2.05) is 0 Å². The van der Waals surface area contributed by atoms with E-state index in [4.69, 9.17) is 21.1 Å². The van der Waals surface area contributed by atoms with Crippen molar-refractivity contribution in [3.63, 3.8) is 0 Å². The molecule has 0 aromatic rings. The second-order valence-corrected chi connectivity index (χ2v) is 4.85. The molecule has 0 heterocycles. The largest absolute Gasteiger partial charge is 0.480 e. The van der Waals surface area contributed by atoms with Gasteiger partial charge in [-0.15, -0.1) is 0 Å². The molecular weight excluding hydrogens is 268 g/mol. The van der Waals surface area contributed by atoms with Crippen LogP contribution in [0.15, 0.2) is 0 Å². The summed E-state index contributed by atoms with van der Waals surface area (Å²) in [5.41, 5.74) is 5.34. The van der Waals surface area contributed by atoms with Crippen molar-refractivity contribution in [3.05, 3.63) is 0 Å². The molecule has 8 nitrogen and oxygen atoms in total. The van der Waals surface area contributed by atoms with Crippen molar-refractivity contribution in [1.82, 2.24) is 5.32 Å². The van der Waals surface area contributed by atoms with Crippen LogP contribution in [-0.4, -0.2) is 75.6 Å². The number of aliphatic carboxylic acids is 1.